The molecule has 9 heteroatoms. The van der Waals surface area contributed by atoms with E-state index in [9.17, 15) is 14.7 Å². The molecular formula is C15H12N4O3S2. The van der Waals surface area contributed by atoms with Crippen LogP contribution in [0.25, 0.3) is 9.88 Å². The number of imidazole rings is 1. The number of fused-ring (bicyclic) bond motifs is 1. The monoisotopic (exact) mass is 360 g/mol. The Kier molecular flexibility index (Phi) is 3.66. The maximum Gasteiger partial charge on any atom is 0.326 e. The number of aromatic nitrogens is 3. The smallest absolute Gasteiger partial charge is 0.326 e. The molecule has 0 fully saturated rings. The Hall–Kier alpha value is -2.52. The maximum absolute atomic E-state index is 12.8. The minimum Gasteiger partial charge on any atom is -0.480 e. The van der Waals surface area contributed by atoms with E-state index in [1.165, 1.54) is 22.6 Å². The number of carbonyl (C=O) groups excluding carboxylic acids is 1. The number of hydrogen-bond acceptors (Lipinski definition) is 6. The number of carboxylic acids is 1. The molecule has 3 aromatic heterocycles. The molecule has 0 spiro atoms. The zero-order chi connectivity index (χ0) is 16.7. The summed E-state index contributed by atoms with van der Waals surface area (Å²) in [4.78, 5) is 38.2. The highest BCUT2D eigenvalue weighted by atomic mass is 32.1. The van der Waals surface area contributed by atoms with Crippen LogP contribution in [0.2, 0.25) is 0 Å². The van der Waals surface area contributed by atoms with E-state index in [4.69, 9.17) is 0 Å². The third-order valence-corrected chi connectivity index (χ3v) is 5.78. The van der Waals surface area contributed by atoms with E-state index in [1.54, 1.807) is 16.7 Å². The Morgan fingerprint density at radius 1 is 1.38 bits per heavy atom. The fourth-order valence-electron chi connectivity index (χ4n) is 2.70. The first-order valence-corrected chi connectivity index (χ1v) is 8.93. The van der Waals surface area contributed by atoms with Crippen LogP contribution in [-0.2, 0) is 17.8 Å². The zero-order valence-electron chi connectivity index (χ0n) is 12.3. The number of amides is 1. The molecule has 3 aromatic rings. The summed E-state index contributed by atoms with van der Waals surface area (Å²) in [6.45, 7) is 0.191. The van der Waals surface area contributed by atoms with Gasteiger partial charge in [-0.15, -0.1) is 22.7 Å². The van der Waals surface area contributed by atoms with Crippen LogP contribution in [0.15, 0.2) is 29.2 Å². The molecule has 0 aromatic carbocycles. The standard InChI is InChI=1S/C15H12N4O3S2/c20-14(10-6-24-13(18-10)12-2-1-3-23-12)19-5-9-8(16-7-17-9)4-11(19)15(21)22/h1-3,6-7,11H,4-5H2,(H,16,17)(H,21,22)/t11-/m0/s1. The van der Waals surface area contributed by atoms with Gasteiger partial charge < -0.3 is 15.0 Å². The fraction of sp³-hybridized carbons (Fsp3) is 0.200. The Balaban J connectivity index is 1.64. The molecule has 2 N–H and O–H groups in total. The van der Waals surface area contributed by atoms with Crippen LogP contribution in [0.1, 0.15) is 21.9 Å². The average molecular weight is 360 g/mol. The van der Waals surface area contributed by atoms with Gasteiger partial charge in [-0.3, -0.25) is 4.79 Å². The normalized spacial score (nSPS) is 16.8. The van der Waals surface area contributed by atoms with Crippen molar-refractivity contribution in [2.75, 3.05) is 0 Å². The van der Waals surface area contributed by atoms with Crippen molar-refractivity contribution >= 4 is 34.6 Å². The lowest BCUT2D eigenvalue weighted by atomic mass is 10.0. The summed E-state index contributed by atoms with van der Waals surface area (Å²) in [6.07, 6.45) is 1.72. The molecule has 0 radical (unpaired) electrons. The first kappa shape index (κ1) is 15.0. The Morgan fingerprint density at radius 2 is 2.25 bits per heavy atom. The highest BCUT2D eigenvalue weighted by Crippen LogP contribution is 2.29. The third-order valence-electron chi connectivity index (χ3n) is 3.90. The van der Waals surface area contributed by atoms with Gasteiger partial charge in [0.05, 0.1) is 29.1 Å². The van der Waals surface area contributed by atoms with E-state index >= 15 is 0 Å². The zero-order valence-corrected chi connectivity index (χ0v) is 13.9. The minimum absolute atomic E-state index is 0.191. The number of carboxylic acid groups (broad SMARTS) is 1. The Labute approximate surface area is 144 Å². The van der Waals surface area contributed by atoms with E-state index in [0.29, 0.717) is 5.69 Å². The van der Waals surface area contributed by atoms with Crippen LogP contribution >= 0.6 is 22.7 Å². The van der Waals surface area contributed by atoms with E-state index in [2.05, 4.69) is 15.0 Å². The summed E-state index contributed by atoms with van der Waals surface area (Å²) in [5.41, 5.74) is 1.75. The molecule has 4 heterocycles. The van der Waals surface area contributed by atoms with E-state index in [1.807, 2.05) is 17.5 Å². The fourth-order valence-corrected chi connectivity index (χ4v) is 4.31. The molecule has 4 rings (SSSR count). The van der Waals surface area contributed by atoms with Gasteiger partial charge in [-0.05, 0) is 11.4 Å². The van der Waals surface area contributed by atoms with Gasteiger partial charge in [-0.2, -0.15) is 0 Å². The first-order chi connectivity index (χ1) is 11.6. The van der Waals surface area contributed by atoms with Crippen molar-refractivity contribution in [2.24, 2.45) is 0 Å². The summed E-state index contributed by atoms with van der Waals surface area (Å²) < 4.78 is 0. The van der Waals surface area contributed by atoms with Crippen LogP contribution in [0.5, 0.6) is 0 Å². The lowest BCUT2D eigenvalue weighted by molar-refractivity contribution is -0.142. The number of carbonyl (C=O) groups is 2. The van der Waals surface area contributed by atoms with Crippen LogP contribution in [-0.4, -0.2) is 42.9 Å². The number of thiophene rings is 1. The Morgan fingerprint density at radius 3 is 3.00 bits per heavy atom. The van der Waals surface area contributed by atoms with Gasteiger partial charge in [-0.25, -0.2) is 14.8 Å². The third kappa shape index (κ3) is 2.51. The number of rotatable bonds is 3. The molecule has 7 nitrogen and oxygen atoms in total. The van der Waals surface area contributed by atoms with Crippen molar-refractivity contribution in [3.63, 3.8) is 0 Å². The number of H-pyrrole nitrogens is 1. The number of hydrogen-bond donors (Lipinski definition) is 2. The molecule has 1 aliphatic heterocycles. The molecular weight excluding hydrogens is 348 g/mol. The first-order valence-electron chi connectivity index (χ1n) is 7.18. The van der Waals surface area contributed by atoms with Gasteiger partial charge in [0.25, 0.3) is 5.91 Å². The number of aliphatic carboxylic acids is 1. The SMILES string of the molecule is O=C(O)[C@@H]1Cc2nc[nH]c2CN1C(=O)c1csc(-c2cccs2)n1. The van der Waals surface area contributed by atoms with Crippen molar-refractivity contribution in [1.29, 1.82) is 0 Å². The lowest BCUT2D eigenvalue weighted by Gasteiger charge is -2.31. The summed E-state index contributed by atoms with van der Waals surface area (Å²) in [6, 6.07) is 2.93. The van der Waals surface area contributed by atoms with Crippen LogP contribution in [0, 0.1) is 0 Å². The lowest BCUT2D eigenvalue weighted by Crippen LogP contribution is -2.48. The predicted octanol–water partition coefficient (Wildman–Crippen LogP) is 2.25. The van der Waals surface area contributed by atoms with Gasteiger partial charge >= 0.3 is 5.97 Å². The quantitative estimate of drug-likeness (QED) is 0.746. The predicted molar refractivity (Wildman–Crippen MR) is 89.0 cm³/mol. The molecule has 122 valence electrons. The number of aromatic amines is 1. The highest BCUT2D eigenvalue weighted by molar-refractivity contribution is 7.20. The molecule has 1 amide bonds. The van der Waals surface area contributed by atoms with E-state index in [0.717, 1.165) is 15.6 Å². The van der Waals surface area contributed by atoms with Crippen LogP contribution in [0.4, 0.5) is 0 Å². The minimum atomic E-state index is -1.04. The summed E-state index contributed by atoms with van der Waals surface area (Å²) in [5.74, 6) is -1.41. The molecule has 0 unspecified atom stereocenters. The number of nitrogens with zero attached hydrogens (tertiary/aromatic N) is 3. The van der Waals surface area contributed by atoms with Crippen molar-refractivity contribution in [3.05, 3.63) is 46.3 Å². The van der Waals surface area contributed by atoms with Crippen molar-refractivity contribution < 1.29 is 14.7 Å². The van der Waals surface area contributed by atoms with Gasteiger partial charge in [0.2, 0.25) is 0 Å². The van der Waals surface area contributed by atoms with Gasteiger partial charge in [0.15, 0.2) is 0 Å². The van der Waals surface area contributed by atoms with Gasteiger partial charge in [0, 0.05) is 11.8 Å². The second kappa shape index (κ2) is 5.84. The second-order valence-electron chi connectivity index (χ2n) is 5.33. The van der Waals surface area contributed by atoms with Crippen LogP contribution in [0.3, 0.4) is 0 Å². The Bertz CT molecular complexity index is 900. The van der Waals surface area contributed by atoms with Crippen LogP contribution < -0.4 is 0 Å². The molecule has 1 atom stereocenters. The molecule has 0 bridgehead atoms. The number of nitrogens with one attached hydrogen (secondary N) is 1. The van der Waals surface area contributed by atoms with E-state index < -0.39 is 12.0 Å². The van der Waals surface area contributed by atoms with E-state index in [-0.39, 0.29) is 24.6 Å². The molecule has 0 saturated carbocycles. The van der Waals surface area contributed by atoms with Crippen molar-refractivity contribution in [3.8, 4) is 9.88 Å². The van der Waals surface area contributed by atoms with Gasteiger partial charge in [-0.1, -0.05) is 6.07 Å². The van der Waals surface area contributed by atoms with Gasteiger partial charge in [0.1, 0.15) is 16.7 Å². The maximum atomic E-state index is 12.8. The highest BCUT2D eigenvalue weighted by Gasteiger charge is 2.37. The van der Waals surface area contributed by atoms with Crippen molar-refractivity contribution in [2.45, 2.75) is 19.0 Å². The molecule has 24 heavy (non-hydrogen) atoms. The summed E-state index contributed by atoms with van der Waals surface area (Å²) in [7, 11) is 0. The summed E-state index contributed by atoms with van der Waals surface area (Å²) in [5, 5.41) is 13.9. The second-order valence-corrected chi connectivity index (χ2v) is 7.14. The average Bonchev–Trinajstić information content (AvgIpc) is 3.32. The van der Waals surface area contributed by atoms with Crippen molar-refractivity contribution in [1.82, 2.24) is 19.9 Å². The molecule has 0 aliphatic carbocycles. The molecule has 0 saturated heterocycles. The number of thiazole rings is 1. The molecule has 1 aliphatic rings. The topological polar surface area (TPSA) is 99.2 Å². The largest absolute Gasteiger partial charge is 0.480 e. The summed E-state index contributed by atoms with van der Waals surface area (Å²) >= 11 is 2.93.